The van der Waals surface area contributed by atoms with E-state index in [1.54, 1.807) is 7.11 Å². The second-order valence-corrected chi connectivity index (χ2v) is 5.74. The molecule has 1 saturated heterocycles. The molecule has 1 aliphatic rings. The summed E-state index contributed by atoms with van der Waals surface area (Å²) in [4.78, 5) is 0. The molecule has 4 nitrogen and oxygen atoms in total. The molecular formula is C17H23N3O. The Hall–Kier alpha value is -1.81. The average molecular weight is 285 g/mol. The lowest BCUT2D eigenvalue weighted by Gasteiger charge is -2.23. The largest absolute Gasteiger partial charge is 0.497 e. The van der Waals surface area contributed by atoms with Gasteiger partial charge in [0.15, 0.2) is 0 Å². The van der Waals surface area contributed by atoms with Gasteiger partial charge in [-0.05, 0) is 45.4 Å². The van der Waals surface area contributed by atoms with Gasteiger partial charge in [-0.25, -0.2) is 4.68 Å². The van der Waals surface area contributed by atoms with Gasteiger partial charge in [-0.2, -0.15) is 5.10 Å². The van der Waals surface area contributed by atoms with Gasteiger partial charge in [-0.3, -0.25) is 0 Å². The number of benzene rings is 1. The fraction of sp³-hybridized carbons (Fsp3) is 0.471. The molecule has 0 bridgehead atoms. The Morgan fingerprint density at radius 1 is 1.33 bits per heavy atom. The second kappa shape index (κ2) is 5.90. The Labute approximate surface area is 126 Å². The van der Waals surface area contributed by atoms with Gasteiger partial charge in [0.1, 0.15) is 5.75 Å². The maximum absolute atomic E-state index is 5.32. The van der Waals surface area contributed by atoms with Crippen LogP contribution in [0.15, 0.2) is 24.3 Å². The van der Waals surface area contributed by atoms with E-state index in [-0.39, 0.29) is 0 Å². The summed E-state index contributed by atoms with van der Waals surface area (Å²) in [6, 6.07) is 8.07. The Balaban J connectivity index is 2.00. The van der Waals surface area contributed by atoms with Gasteiger partial charge in [0.05, 0.1) is 18.5 Å². The Kier molecular flexibility index (Phi) is 3.97. The maximum atomic E-state index is 5.32. The van der Waals surface area contributed by atoms with E-state index in [0.717, 1.165) is 30.2 Å². The SMILES string of the molecule is COc1cccc(-n2nc(C)c(C3CCCNC3)c2C)c1. The van der Waals surface area contributed by atoms with Crippen molar-refractivity contribution in [3.05, 3.63) is 41.2 Å². The molecule has 1 N–H and O–H groups in total. The van der Waals surface area contributed by atoms with E-state index in [4.69, 9.17) is 9.84 Å². The molecule has 0 aliphatic carbocycles. The maximum Gasteiger partial charge on any atom is 0.121 e. The first-order valence-electron chi connectivity index (χ1n) is 7.62. The van der Waals surface area contributed by atoms with Crippen LogP contribution < -0.4 is 10.1 Å². The quantitative estimate of drug-likeness (QED) is 0.942. The number of aromatic nitrogens is 2. The topological polar surface area (TPSA) is 39.1 Å². The number of aryl methyl sites for hydroxylation is 1. The number of methoxy groups -OCH3 is 1. The number of piperidine rings is 1. The summed E-state index contributed by atoms with van der Waals surface area (Å²) in [5.41, 5.74) is 4.86. The van der Waals surface area contributed by atoms with Crippen LogP contribution in [0.3, 0.4) is 0 Å². The van der Waals surface area contributed by atoms with Gasteiger partial charge < -0.3 is 10.1 Å². The van der Waals surface area contributed by atoms with Crippen molar-refractivity contribution in [2.75, 3.05) is 20.2 Å². The van der Waals surface area contributed by atoms with Crippen molar-refractivity contribution >= 4 is 0 Å². The normalized spacial score (nSPS) is 18.7. The van der Waals surface area contributed by atoms with E-state index in [9.17, 15) is 0 Å². The smallest absolute Gasteiger partial charge is 0.121 e. The summed E-state index contributed by atoms with van der Waals surface area (Å²) in [6.45, 7) is 6.49. The third kappa shape index (κ3) is 2.68. The van der Waals surface area contributed by atoms with Crippen LogP contribution in [0.4, 0.5) is 0 Å². The molecule has 0 saturated carbocycles. The summed E-state index contributed by atoms with van der Waals surface area (Å²) in [7, 11) is 1.69. The van der Waals surface area contributed by atoms with Crippen molar-refractivity contribution in [3.8, 4) is 11.4 Å². The van der Waals surface area contributed by atoms with Gasteiger partial charge in [0.25, 0.3) is 0 Å². The summed E-state index contributed by atoms with van der Waals surface area (Å²) in [6.07, 6.45) is 2.49. The fourth-order valence-electron chi connectivity index (χ4n) is 3.34. The molecular weight excluding hydrogens is 262 g/mol. The molecule has 0 amide bonds. The number of hydrogen-bond donors (Lipinski definition) is 1. The van der Waals surface area contributed by atoms with E-state index >= 15 is 0 Å². The highest BCUT2D eigenvalue weighted by Crippen LogP contribution is 2.30. The van der Waals surface area contributed by atoms with Crippen molar-refractivity contribution in [1.82, 2.24) is 15.1 Å². The molecule has 1 aromatic carbocycles. The third-order valence-corrected chi connectivity index (χ3v) is 4.35. The Morgan fingerprint density at radius 2 is 2.19 bits per heavy atom. The van der Waals surface area contributed by atoms with Crippen molar-refractivity contribution in [1.29, 1.82) is 0 Å². The summed E-state index contributed by atoms with van der Waals surface area (Å²) in [5, 5.41) is 8.26. The Morgan fingerprint density at radius 3 is 2.90 bits per heavy atom. The standard InChI is InChI=1S/C17H23N3O/c1-12-17(14-6-5-9-18-11-14)13(2)20(19-12)15-7-4-8-16(10-15)21-3/h4,7-8,10,14,18H,5-6,9,11H2,1-3H3. The molecule has 21 heavy (non-hydrogen) atoms. The molecule has 2 aromatic rings. The van der Waals surface area contributed by atoms with E-state index in [0.29, 0.717) is 5.92 Å². The van der Waals surface area contributed by atoms with E-state index in [2.05, 4.69) is 25.2 Å². The summed E-state index contributed by atoms with van der Waals surface area (Å²) < 4.78 is 7.36. The van der Waals surface area contributed by atoms with E-state index < -0.39 is 0 Å². The van der Waals surface area contributed by atoms with Crippen LogP contribution in [0, 0.1) is 13.8 Å². The highest BCUT2D eigenvalue weighted by Gasteiger charge is 2.23. The zero-order chi connectivity index (χ0) is 14.8. The lowest BCUT2D eigenvalue weighted by molar-refractivity contribution is 0.414. The minimum atomic E-state index is 0.582. The lowest BCUT2D eigenvalue weighted by atomic mass is 9.90. The predicted molar refractivity (Wildman–Crippen MR) is 84.4 cm³/mol. The summed E-state index contributed by atoms with van der Waals surface area (Å²) in [5.74, 6) is 1.44. The second-order valence-electron chi connectivity index (χ2n) is 5.74. The highest BCUT2D eigenvalue weighted by molar-refractivity contribution is 5.42. The van der Waals surface area contributed by atoms with Gasteiger partial charge >= 0.3 is 0 Å². The molecule has 1 atom stereocenters. The first-order valence-corrected chi connectivity index (χ1v) is 7.62. The van der Waals surface area contributed by atoms with Crippen molar-refractivity contribution in [2.24, 2.45) is 0 Å². The predicted octanol–water partition coefficient (Wildman–Crippen LogP) is 2.96. The molecule has 112 valence electrons. The third-order valence-electron chi connectivity index (χ3n) is 4.35. The van der Waals surface area contributed by atoms with Crippen LogP contribution in [0.2, 0.25) is 0 Å². The van der Waals surface area contributed by atoms with Crippen LogP contribution >= 0.6 is 0 Å². The van der Waals surface area contributed by atoms with Crippen LogP contribution in [0.5, 0.6) is 5.75 Å². The minimum Gasteiger partial charge on any atom is -0.497 e. The molecule has 2 heterocycles. The fourth-order valence-corrected chi connectivity index (χ4v) is 3.34. The number of nitrogens with one attached hydrogen (secondary N) is 1. The van der Waals surface area contributed by atoms with Crippen LogP contribution in [-0.4, -0.2) is 30.0 Å². The lowest BCUT2D eigenvalue weighted by Crippen LogP contribution is -2.28. The van der Waals surface area contributed by atoms with E-state index in [1.165, 1.54) is 24.1 Å². The zero-order valence-electron chi connectivity index (χ0n) is 13.0. The van der Waals surface area contributed by atoms with Crippen molar-refractivity contribution in [2.45, 2.75) is 32.6 Å². The molecule has 1 aromatic heterocycles. The van der Waals surface area contributed by atoms with Gasteiger partial charge in [-0.1, -0.05) is 6.07 Å². The first-order chi connectivity index (χ1) is 10.2. The molecule has 1 unspecified atom stereocenters. The van der Waals surface area contributed by atoms with Crippen molar-refractivity contribution in [3.63, 3.8) is 0 Å². The Bertz CT molecular complexity index is 627. The molecule has 3 rings (SSSR count). The molecule has 4 heteroatoms. The number of hydrogen-bond acceptors (Lipinski definition) is 3. The number of rotatable bonds is 3. The average Bonchev–Trinajstić information content (AvgIpc) is 2.83. The molecule has 0 spiro atoms. The summed E-state index contributed by atoms with van der Waals surface area (Å²) >= 11 is 0. The van der Waals surface area contributed by atoms with Gasteiger partial charge in [0.2, 0.25) is 0 Å². The number of nitrogens with zero attached hydrogens (tertiary/aromatic N) is 2. The zero-order valence-corrected chi connectivity index (χ0v) is 13.0. The first kappa shape index (κ1) is 14.1. The van der Waals surface area contributed by atoms with Crippen LogP contribution in [0.25, 0.3) is 5.69 Å². The van der Waals surface area contributed by atoms with Gasteiger partial charge in [-0.15, -0.1) is 0 Å². The highest BCUT2D eigenvalue weighted by atomic mass is 16.5. The molecule has 1 aliphatic heterocycles. The molecule has 1 fully saturated rings. The van der Waals surface area contributed by atoms with Gasteiger partial charge in [0, 0.05) is 29.8 Å². The number of ether oxygens (including phenoxy) is 1. The van der Waals surface area contributed by atoms with Crippen LogP contribution in [0.1, 0.15) is 35.7 Å². The van der Waals surface area contributed by atoms with Crippen molar-refractivity contribution < 1.29 is 4.74 Å². The minimum absolute atomic E-state index is 0.582. The van der Waals surface area contributed by atoms with E-state index in [1.807, 2.05) is 22.9 Å². The molecule has 0 radical (unpaired) electrons. The van der Waals surface area contributed by atoms with Crippen LogP contribution in [-0.2, 0) is 0 Å². The monoisotopic (exact) mass is 285 g/mol.